The smallest absolute Gasteiger partial charge is 0.258 e. The van der Waals surface area contributed by atoms with Crippen LogP contribution in [0.25, 0.3) is 0 Å². The molecule has 0 heterocycles. The number of rotatable bonds is 7. The van der Waals surface area contributed by atoms with Crippen molar-refractivity contribution in [2.45, 2.75) is 13.0 Å². The van der Waals surface area contributed by atoms with Gasteiger partial charge in [0.1, 0.15) is 5.75 Å². The molecule has 0 aromatic heterocycles. The summed E-state index contributed by atoms with van der Waals surface area (Å²) in [5.41, 5.74) is 7.30. The molecule has 20 heavy (non-hydrogen) atoms. The molecule has 0 bridgehead atoms. The number of nitrogen functional groups attached to an aromatic ring is 1. The second-order valence-electron chi connectivity index (χ2n) is 4.83. The fraction of sp³-hybridized carbons (Fsp3) is 0.500. The minimum Gasteiger partial charge on any atom is -0.482 e. The maximum Gasteiger partial charge on any atom is 0.258 e. The predicted molar refractivity (Wildman–Crippen MR) is 80.2 cm³/mol. The molecule has 1 aromatic rings. The Labute approximate surface area is 119 Å². The van der Waals surface area contributed by atoms with E-state index in [0.29, 0.717) is 18.0 Å². The number of nitrogens with zero attached hydrogens (tertiary/aromatic N) is 1. The summed E-state index contributed by atoms with van der Waals surface area (Å²) in [6, 6.07) is 5.40. The normalized spacial score (nSPS) is 11.8. The lowest BCUT2D eigenvalue weighted by atomic mass is 10.2. The SMILES string of the molecule is COCC(C)NC(=O)COc1cc(N(C)C)ccc1N. The Bertz CT molecular complexity index is 449. The molecule has 3 N–H and O–H groups in total. The molecular weight excluding hydrogens is 258 g/mol. The zero-order valence-corrected chi connectivity index (χ0v) is 12.5. The lowest BCUT2D eigenvalue weighted by Crippen LogP contribution is -2.38. The van der Waals surface area contributed by atoms with Crippen LogP contribution in [0, 0.1) is 0 Å². The molecular formula is C14H23N3O3. The first-order chi connectivity index (χ1) is 9.43. The van der Waals surface area contributed by atoms with Gasteiger partial charge in [-0.15, -0.1) is 0 Å². The first-order valence-corrected chi connectivity index (χ1v) is 6.42. The van der Waals surface area contributed by atoms with Crippen LogP contribution in [0.2, 0.25) is 0 Å². The third kappa shape index (κ3) is 4.97. The molecule has 0 aliphatic rings. The molecule has 112 valence electrons. The molecule has 6 nitrogen and oxygen atoms in total. The molecule has 1 unspecified atom stereocenters. The molecule has 1 amide bonds. The maximum absolute atomic E-state index is 11.7. The molecule has 0 saturated heterocycles. The fourth-order valence-electron chi connectivity index (χ4n) is 1.68. The van der Waals surface area contributed by atoms with Gasteiger partial charge in [-0.05, 0) is 19.1 Å². The minimum absolute atomic E-state index is 0.0541. The molecule has 1 atom stereocenters. The lowest BCUT2D eigenvalue weighted by Gasteiger charge is -2.16. The van der Waals surface area contributed by atoms with Crippen molar-refractivity contribution in [2.75, 3.05) is 45.1 Å². The van der Waals surface area contributed by atoms with Crippen LogP contribution in [0.4, 0.5) is 11.4 Å². The molecule has 0 fully saturated rings. The number of hydrogen-bond donors (Lipinski definition) is 2. The number of ether oxygens (including phenoxy) is 2. The van der Waals surface area contributed by atoms with Crippen LogP contribution in [0.3, 0.4) is 0 Å². The highest BCUT2D eigenvalue weighted by atomic mass is 16.5. The molecule has 1 aromatic carbocycles. The van der Waals surface area contributed by atoms with E-state index in [1.54, 1.807) is 19.2 Å². The average Bonchev–Trinajstić information content (AvgIpc) is 2.37. The van der Waals surface area contributed by atoms with Crippen molar-refractivity contribution >= 4 is 17.3 Å². The van der Waals surface area contributed by atoms with Gasteiger partial charge in [0.25, 0.3) is 5.91 Å². The van der Waals surface area contributed by atoms with Crippen molar-refractivity contribution in [2.24, 2.45) is 0 Å². The van der Waals surface area contributed by atoms with E-state index in [0.717, 1.165) is 5.69 Å². The number of benzene rings is 1. The van der Waals surface area contributed by atoms with Gasteiger partial charge >= 0.3 is 0 Å². The highest BCUT2D eigenvalue weighted by molar-refractivity contribution is 5.78. The summed E-state index contributed by atoms with van der Waals surface area (Å²) in [7, 11) is 5.44. The van der Waals surface area contributed by atoms with Crippen molar-refractivity contribution in [1.29, 1.82) is 0 Å². The largest absolute Gasteiger partial charge is 0.482 e. The molecule has 0 spiro atoms. The second-order valence-corrected chi connectivity index (χ2v) is 4.83. The third-order valence-electron chi connectivity index (χ3n) is 2.70. The number of methoxy groups -OCH3 is 1. The van der Waals surface area contributed by atoms with Gasteiger partial charge in [-0.25, -0.2) is 0 Å². The average molecular weight is 281 g/mol. The van der Waals surface area contributed by atoms with E-state index in [1.165, 1.54) is 0 Å². The van der Waals surface area contributed by atoms with Crippen LogP contribution in [-0.2, 0) is 9.53 Å². The monoisotopic (exact) mass is 281 g/mol. The van der Waals surface area contributed by atoms with Crippen molar-refractivity contribution in [1.82, 2.24) is 5.32 Å². The van der Waals surface area contributed by atoms with Gasteiger partial charge in [0.05, 0.1) is 12.3 Å². The van der Waals surface area contributed by atoms with Crippen LogP contribution in [0.15, 0.2) is 18.2 Å². The number of amides is 1. The summed E-state index contributed by atoms with van der Waals surface area (Å²) in [5, 5.41) is 2.77. The van der Waals surface area contributed by atoms with Crippen molar-refractivity contribution < 1.29 is 14.3 Å². The summed E-state index contributed by atoms with van der Waals surface area (Å²) in [6.07, 6.45) is 0. The highest BCUT2D eigenvalue weighted by Gasteiger charge is 2.09. The maximum atomic E-state index is 11.7. The van der Waals surface area contributed by atoms with E-state index in [2.05, 4.69) is 5.32 Å². The zero-order valence-electron chi connectivity index (χ0n) is 12.5. The first-order valence-electron chi connectivity index (χ1n) is 6.42. The number of nitrogens with two attached hydrogens (primary N) is 1. The van der Waals surface area contributed by atoms with Gasteiger partial charge in [0, 0.05) is 39.0 Å². The van der Waals surface area contributed by atoms with E-state index in [4.69, 9.17) is 15.2 Å². The molecule has 0 saturated carbocycles. The van der Waals surface area contributed by atoms with E-state index in [1.807, 2.05) is 32.0 Å². The van der Waals surface area contributed by atoms with Crippen LogP contribution >= 0.6 is 0 Å². The molecule has 0 radical (unpaired) electrons. The third-order valence-corrected chi connectivity index (χ3v) is 2.70. The zero-order chi connectivity index (χ0) is 15.1. The Morgan fingerprint density at radius 1 is 1.45 bits per heavy atom. The standard InChI is InChI=1S/C14H23N3O3/c1-10(8-19-4)16-14(18)9-20-13-7-11(17(2)3)5-6-12(13)15/h5-7,10H,8-9,15H2,1-4H3,(H,16,18). The Balaban J connectivity index is 2.56. The topological polar surface area (TPSA) is 76.8 Å². The van der Waals surface area contributed by atoms with E-state index in [-0.39, 0.29) is 18.6 Å². The quantitative estimate of drug-likeness (QED) is 0.725. The summed E-state index contributed by atoms with van der Waals surface area (Å²) in [5.74, 6) is 0.301. The highest BCUT2D eigenvalue weighted by Crippen LogP contribution is 2.26. The summed E-state index contributed by atoms with van der Waals surface area (Å²) < 4.78 is 10.4. The number of nitrogens with one attached hydrogen (secondary N) is 1. The van der Waals surface area contributed by atoms with E-state index >= 15 is 0 Å². The molecule has 1 rings (SSSR count). The summed E-state index contributed by atoms with van der Waals surface area (Å²) in [6.45, 7) is 2.25. The Morgan fingerprint density at radius 2 is 2.15 bits per heavy atom. The van der Waals surface area contributed by atoms with Gasteiger partial charge < -0.3 is 25.4 Å². The summed E-state index contributed by atoms with van der Waals surface area (Å²) >= 11 is 0. The second kappa shape index (κ2) is 7.59. The van der Waals surface area contributed by atoms with Crippen molar-refractivity contribution in [3.8, 4) is 5.75 Å². The Kier molecular flexibility index (Phi) is 6.11. The van der Waals surface area contributed by atoms with Crippen LogP contribution < -0.4 is 20.7 Å². The minimum atomic E-state index is -0.204. The Hall–Kier alpha value is -1.95. The van der Waals surface area contributed by atoms with E-state index < -0.39 is 0 Å². The molecule has 0 aliphatic carbocycles. The van der Waals surface area contributed by atoms with Crippen LogP contribution in [0.1, 0.15) is 6.92 Å². The summed E-state index contributed by atoms with van der Waals surface area (Å²) in [4.78, 5) is 13.6. The fourth-order valence-corrected chi connectivity index (χ4v) is 1.68. The van der Waals surface area contributed by atoms with Gasteiger partial charge in [-0.3, -0.25) is 4.79 Å². The number of carbonyl (C=O) groups is 1. The van der Waals surface area contributed by atoms with Crippen molar-refractivity contribution in [3.63, 3.8) is 0 Å². The molecule has 0 aliphatic heterocycles. The number of carbonyl (C=O) groups excluding carboxylic acids is 1. The van der Waals surface area contributed by atoms with Crippen LogP contribution in [-0.4, -0.2) is 46.4 Å². The van der Waals surface area contributed by atoms with Gasteiger partial charge in [0.15, 0.2) is 6.61 Å². The van der Waals surface area contributed by atoms with Crippen molar-refractivity contribution in [3.05, 3.63) is 18.2 Å². The van der Waals surface area contributed by atoms with Gasteiger partial charge in [-0.2, -0.15) is 0 Å². The van der Waals surface area contributed by atoms with E-state index in [9.17, 15) is 4.79 Å². The first kappa shape index (κ1) is 16.1. The Morgan fingerprint density at radius 3 is 2.75 bits per heavy atom. The van der Waals surface area contributed by atoms with Crippen LogP contribution in [0.5, 0.6) is 5.75 Å². The predicted octanol–water partition coefficient (Wildman–Crippen LogP) is 0.865. The molecule has 6 heteroatoms. The van der Waals surface area contributed by atoms with Gasteiger partial charge in [0.2, 0.25) is 0 Å². The lowest BCUT2D eigenvalue weighted by molar-refractivity contribution is -0.124. The number of hydrogen-bond acceptors (Lipinski definition) is 5. The number of anilines is 2. The van der Waals surface area contributed by atoms with Gasteiger partial charge in [-0.1, -0.05) is 0 Å².